The molecular formula is C22H20BrN3O3S2. The molecule has 4 rings (SSSR count). The Labute approximate surface area is 198 Å². The van der Waals surface area contributed by atoms with E-state index in [-0.39, 0.29) is 34.5 Å². The maximum atomic E-state index is 12.0. The van der Waals surface area contributed by atoms with Crippen molar-refractivity contribution in [2.24, 2.45) is 5.73 Å². The molecule has 0 amide bonds. The number of hydrogen-bond acceptors (Lipinski definition) is 7. The monoisotopic (exact) mass is 517 g/mol. The van der Waals surface area contributed by atoms with Crippen LogP contribution in [-0.4, -0.2) is 15.7 Å². The molecule has 0 aliphatic rings. The summed E-state index contributed by atoms with van der Waals surface area (Å²) in [6.07, 6.45) is 0. The predicted octanol–water partition coefficient (Wildman–Crippen LogP) is 6.30. The fourth-order valence-corrected chi connectivity index (χ4v) is 4.24. The van der Waals surface area contributed by atoms with Gasteiger partial charge >= 0.3 is 0 Å². The second kappa shape index (κ2) is 11.6. The van der Waals surface area contributed by atoms with Crippen molar-refractivity contribution in [2.75, 3.05) is 0 Å². The number of nitro benzene ring substituents is 1. The summed E-state index contributed by atoms with van der Waals surface area (Å²) in [5.41, 5.74) is 7.71. The third kappa shape index (κ3) is 6.63. The lowest BCUT2D eigenvalue weighted by Gasteiger charge is -2.00. The maximum absolute atomic E-state index is 12.0. The van der Waals surface area contributed by atoms with Crippen molar-refractivity contribution < 1.29 is 9.72 Å². The first-order valence-electron chi connectivity index (χ1n) is 9.05. The number of aromatic nitrogens is 1. The molecule has 0 aliphatic carbocycles. The zero-order valence-electron chi connectivity index (χ0n) is 16.5. The molecule has 0 fully saturated rings. The third-order valence-corrected chi connectivity index (χ3v) is 6.00. The van der Waals surface area contributed by atoms with E-state index in [0.29, 0.717) is 11.1 Å². The highest BCUT2D eigenvalue weighted by atomic mass is 79.9. The summed E-state index contributed by atoms with van der Waals surface area (Å²) in [6, 6.07) is 18.5. The molecule has 1 unspecified atom stereocenters. The number of thiophene rings is 1. The highest BCUT2D eigenvalue weighted by Gasteiger charge is 2.11. The van der Waals surface area contributed by atoms with E-state index < -0.39 is 4.92 Å². The van der Waals surface area contributed by atoms with E-state index in [1.807, 2.05) is 24.4 Å². The molecule has 2 N–H and O–H groups in total. The molecule has 0 saturated heterocycles. The zero-order chi connectivity index (χ0) is 21.5. The molecule has 160 valence electrons. The zero-order valence-corrected chi connectivity index (χ0v) is 19.9. The van der Waals surface area contributed by atoms with Crippen LogP contribution in [0.5, 0.6) is 0 Å². The molecule has 0 bridgehead atoms. The summed E-state index contributed by atoms with van der Waals surface area (Å²) in [7, 11) is 0. The van der Waals surface area contributed by atoms with Crippen LogP contribution in [0.4, 0.5) is 5.69 Å². The quantitative estimate of drug-likeness (QED) is 0.190. The summed E-state index contributed by atoms with van der Waals surface area (Å²) in [4.78, 5) is 27.6. The van der Waals surface area contributed by atoms with Crippen LogP contribution in [0.1, 0.15) is 34.6 Å². The SMILES string of the molecule is Br.CC(N)c1csc(-c2cccs2)n1.O=C(c1ccccc1)c1ccc([N+](=O)[O-])cc1. The summed E-state index contributed by atoms with van der Waals surface area (Å²) >= 11 is 3.36. The average molecular weight is 518 g/mol. The van der Waals surface area contributed by atoms with Crippen molar-refractivity contribution in [1.82, 2.24) is 4.98 Å². The van der Waals surface area contributed by atoms with Crippen LogP contribution < -0.4 is 5.73 Å². The second-order valence-corrected chi connectivity index (χ2v) is 8.15. The third-order valence-electron chi connectivity index (χ3n) is 4.10. The molecule has 2 aromatic carbocycles. The van der Waals surface area contributed by atoms with Crippen molar-refractivity contribution in [3.05, 3.63) is 104 Å². The van der Waals surface area contributed by atoms with Crippen molar-refractivity contribution in [1.29, 1.82) is 0 Å². The van der Waals surface area contributed by atoms with Gasteiger partial charge in [-0.2, -0.15) is 0 Å². The molecule has 0 spiro atoms. The van der Waals surface area contributed by atoms with E-state index in [9.17, 15) is 14.9 Å². The van der Waals surface area contributed by atoms with E-state index >= 15 is 0 Å². The molecule has 0 saturated carbocycles. The van der Waals surface area contributed by atoms with Crippen LogP contribution in [0.2, 0.25) is 0 Å². The minimum atomic E-state index is -0.489. The van der Waals surface area contributed by atoms with Crippen LogP contribution in [0.25, 0.3) is 9.88 Å². The lowest BCUT2D eigenvalue weighted by Crippen LogP contribution is -2.04. The van der Waals surface area contributed by atoms with Gasteiger partial charge in [-0.25, -0.2) is 4.98 Å². The average Bonchev–Trinajstić information content (AvgIpc) is 3.46. The predicted molar refractivity (Wildman–Crippen MR) is 131 cm³/mol. The van der Waals surface area contributed by atoms with E-state index in [1.165, 1.54) is 29.1 Å². The van der Waals surface area contributed by atoms with Crippen LogP contribution in [0, 0.1) is 10.1 Å². The van der Waals surface area contributed by atoms with Gasteiger partial charge in [-0.1, -0.05) is 36.4 Å². The fraction of sp³-hybridized carbons (Fsp3) is 0.0909. The highest BCUT2D eigenvalue weighted by Crippen LogP contribution is 2.28. The molecule has 0 radical (unpaired) electrons. The number of nitro groups is 1. The molecule has 9 heteroatoms. The van der Waals surface area contributed by atoms with Gasteiger partial charge in [0, 0.05) is 34.7 Å². The first-order valence-corrected chi connectivity index (χ1v) is 10.8. The minimum absolute atomic E-state index is 0. The normalized spacial score (nSPS) is 10.9. The summed E-state index contributed by atoms with van der Waals surface area (Å²) in [5.74, 6) is -0.138. The smallest absolute Gasteiger partial charge is 0.269 e. The molecule has 2 heterocycles. The number of nitrogens with two attached hydrogens (primary N) is 1. The highest BCUT2D eigenvalue weighted by molar-refractivity contribution is 8.93. The number of nitrogens with zero attached hydrogens (tertiary/aromatic N) is 2. The van der Waals surface area contributed by atoms with Gasteiger partial charge in [0.05, 0.1) is 15.5 Å². The van der Waals surface area contributed by atoms with Crippen LogP contribution in [0.15, 0.2) is 77.5 Å². The molecule has 4 aromatic rings. The lowest BCUT2D eigenvalue weighted by molar-refractivity contribution is -0.384. The number of non-ortho nitro benzene ring substituents is 1. The van der Waals surface area contributed by atoms with E-state index in [0.717, 1.165) is 10.7 Å². The van der Waals surface area contributed by atoms with Crippen molar-refractivity contribution in [3.63, 3.8) is 0 Å². The van der Waals surface area contributed by atoms with Gasteiger partial charge in [0.25, 0.3) is 5.69 Å². The van der Waals surface area contributed by atoms with Gasteiger partial charge in [0.15, 0.2) is 5.78 Å². The van der Waals surface area contributed by atoms with Gasteiger partial charge < -0.3 is 5.73 Å². The van der Waals surface area contributed by atoms with Crippen LogP contribution >= 0.6 is 39.7 Å². The van der Waals surface area contributed by atoms with Crippen molar-refractivity contribution >= 4 is 51.1 Å². The number of thiazole rings is 1. The van der Waals surface area contributed by atoms with Crippen LogP contribution in [0.3, 0.4) is 0 Å². The maximum Gasteiger partial charge on any atom is 0.269 e. The number of rotatable bonds is 5. The van der Waals surface area contributed by atoms with Gasteiger partial charge in [0.1, 0.15) is 5.01 Å². The van der Waals surface area contributed by atoms with Crippen molar-refractivity contribution in [2.45, 2.75) is 13.0 Å². The molecule has 31 heavy (non-hydrogen) atoms. The number of carbonyl (C=O) groups is 1. The molecule has 1 atom stereocenters. The molecule has 2 aromatic heterocycles. The van der Waals surface area contributed by atoms with Crippen LogP contribution in [-0.2, 0) is 0 Å². The number of carbonyl (C=O) groups excluding carboxylic acids is 1. The Morgan fingerprint density at radius 3 is 2.16 bits per heavy atom. The Morgan fingerprint density at radius 2 is 1.65 bits per heavy atom. The standard InChI is InChI=1S/C13H9NO3.C9H10N2S2.BrH/c15-13(10-4-2-1-3-5-10)11-6-8-12(9-7-11)14(16)17;1-6(10)7-5-13-9(11-7)8-3-2-4-12-8;/h1-9H;2-6H,10H2,1H3;1H. The number of hydrogen-bond donors (Lipinski definition) is 1. The molecule has 6 nitrogen and oxygen atoms in total. The van der Waals surface area contributed by atoms with E-state index in [2.05, 4.69) is 16.4 Å². The van der Waals surface area contributed by atoms with Gasteiger partial charge in [-0.15, -0.1) is 39.7 Å². The largest absolute Gasteiger partial charge is 0.323 e. The Bertz CT molecular complexity index is 1110. The Hall–Kier alpha value is -2.72. The second-order valence-electron chi connectivity index (χ2n) is 6.34. The van der Waals surface area contributed by atoms with Gasteiger partial charge in [-0.05, 0) is 30.5 Å². The summed E-state index contributed by atoms with van der Waals surface area (Å²) in [6.45, 7) is 1.95. The summed E-state index contributed by atoms with van der Waals surface area (Å²) in [5, 5.41) is 15.6. The molecular weight excluding hydrogens is 498 g/mol. The van der Waals surface area contributed by atoms with E-state index in [4.69, 9.17) is 5.73 Å². The Balaban J connectivity index is 0.000000220. The first-order chi connectivity index (χ1) is 14.5. The number of ketones is 1. The van der Waals surface area contributed by atoms with Gasteiger partial charge in [0.2, 0.25) is 0 Å². The molecule has 0 aliphatic heterocycles. The summed E-state index contributed by atoms with van der Waals surface area (Å²) < 4.78 is 0. The first kappa shape index (κ1) is 24.5. The minimum Gasteiger partial charge on any atom is -0.323 e. The number of halogens is 1. The Kier molecular flexibility index (Phi) is 9.20. The van der Waals surface area contributed by atoms with Crippen molar-refractivity contribution in [3.8, 4) is 9.88 Å². The topological polar surface area (TPSA) is 99.1 Å². The van der Waals surface area contributed by atoms with Gasteiger partial charge in [-0.3, -0.25) is 14.9 Å². The Morgan fingerprint density at radius 1 is 1.00 bits per heavy atom. The van der Waals surface area contributed by atoms with E-state index in [1.54, 1.807) is 46.9 Å². The number of benzene rings is 2. The fourth-order valence-electron chi connectivity index (χ4n) is 2.50. The lowest BCUT2D eigenvalue weighted by atomic mass is 10.0.